The summed E-state index contributed by atoms with van der Waals surface area (Å²) in [6, 6.07) is -0.281. The third-order valence-corrected chi connectivity index (χ3v) is 2.72. The number of carboxylic acids is 1. The maximum atomic E-state index is 11.4. The highest BCUT2D eigenvalue weighted by Crippen LogP contribution is 2.04. The second-order valence-electron chi connectivity index (χ2n) is 4.98. The first-order valence-corrected chi connectivity index (χ1v) is 6.72. The third-order valence-electron chi connectivity index (χ3n) is 2.72. The first-order chi connectivity index (χ1) is 8.95. The van der Waals surface area contributed by atoms with E-state index >= 15 is 0 Å². The van der Waals surface area contributed by atoms with Gasteiger partial charge in [0.15, 0.2) is 0 Å². The topological polar surface area (TPSA) is 87.7 Å². The van der Waals surface area contributed by atoms with Gasteiger partial charge in [0.2, 0.25) is 0 Å². The summed E-state index contributed by atoms with van der Waals surface area (Å²) in [7, 11) is 1.43. The van der Waals surface area contributed by atoms with Crippen LogP contribution in [0.3, 0.4) is 0 Å². The van der Waals surface area contributed by atoms with Gasteiger partial charge < -0.3 is 20.5 Å². The van der Waals surface area contributed by atoms with Crippen molar-refractivity contribution in [2.45, 2.75) is 45.6 Å². The van der Waals surface area contributed by atoms with Gasteiger partial charge in [-0.15, -0.1) is 0 Å². The van der Waals surface area contributed by atoms with Gasteiger partial charge in [0.25, 0.3) is 0 Å². The maximum absolute atomic E-state index is 11.4. The van der Waals surface area contributed by atoms with Crippen molar-refractivity contribution in [2.75, 3.05) is 20.2 Å². The smallest absolute Gasteiger partial charge is 0.314 e. The first-order valence-electron chi connectivity index (χ1n) is 6.72. The Labute approximate surface area is 114 Å². The highest BCUT2D eigenvalue weighted by Gasteiger charge is 2.13. The normalized spacial score (nSPS) is 12.2. The second kappa shape index (κ2) is 10.6. The molecule has 1 atom stereocenters. The van der Waals surface area contributed by atoms with Gasteiger partial charge in [0, 0.05) is 20.2 Å². The Morgan fingerprint density at radius 2 is 1.89 bits per heavy atom. The number of methoxy groups -OCH3 is 1. The molecule has 0 saturated heterocycles. The van der Waals surface area contributed by atoms with Crippen molar-refractivity contribution in [1.29, 1.82) is 0 Å². The summed E-state index contributed by atoms with van der Waals surface area (Å²) >= 11 is 0. The summed E-state index contributed by atoms with van der Waals surface area (Å²) in [5.41, 5.74) is 0. The van der Waals surface area contributed by atoms with Crippen LogP contribution in [-0.4, -0.2) is 43.4 Å². The van der Waals surface area contributed by atoms with Gasteiger partial charge >= 0.3 is 12.0 Å². The van der Waals surface area contributed by atoms with Crippen molar-refractivity contribution >= 4 is 12.0 Å². The molecule has 0 spiro atoms. The number of hydrogen-bond acceptors (Lipinski definition) is 3. The number of urea groups is 1. The largest absolute Gasteiger partial charge is 0.481 e. The summed E-state index contributed by atoms with van der Waals surface area (Å²) < 4.78 is 4.96. The predicted molar refractivity (Wildman–Crippen MR) is 73.1 cm³/mol. The molecular formula is C13H26N2O4. The average Bonchev–Trinajstić information content (AvgIpc) is 2.33. The minimum absolute atomic E-state index is 0.120. The van der Waals surface area contributed by atoms with E-state index in [0.29, 0.717) is 12.5 Å². The minimum Gasteiger partial charge on any atom is -0.481 e. The van der Waals surface area contributed by atoms with E-state index < -0.39 is 12.1 Å². The molecule has 1 unspecified atom stereocenters. The van der Waals surface area contributed by atoms with Gasteiger partial charge in [-0.2, -0.15) is 0 Å². The lowest BCUT2D eigenvalue weighted by atomic mass is 10.1. The summed E-state index contributed by atoms with van der Waals surface area (Å²) in [6.45, 7) is 5.18. The fourth-order valence-electron chi connectivity index (χ4n) is 1.58. The number of carboxylic acid groups (broad SMARTS) is 1. The molecule has 6 nitrogen and oxygen atoms in total. The maximum Gasteiger partial charge on any atom is 0.314 e. The van der Waals surface area contributed by atoms with E-state index in [1.807, 2.05) is 0 Å². The minimum atomic E-state index is -0.942. The Kier molecular flexibility index (Phi) is 9.88. The van der Waals surface area contributed by atoms with E-state index in [4.69, 9.17) is 9.84 Å². The van der Waals surface area contributed by atoms with Crippen LogP contribution in [0.1, 0.15) is 39.5 Å². The van der Waals surface area contributed by atoms with Crippen LogP contribution in [0.5, 0.6) is 0 Å². The zero-order valence-electron chi connectivity index (χ0n) is 12.1. The lowest BCUT2D eigenvalue weighted by Crippen LogP contribution is -2.41. The Morgan fingerprint density at radius 3 is 2.42 bits per heavy atom. The van der Waals surface area contributed by atoms with Gasteiger partial charge in [-0.1, -0.05) is 26.7 Å². The number of amides is 2. The number of hydrogen-bond donors (Lipinski definition) is 3. The van der Waals surface area contributed by atoms with Crippen LogP contribution in [0.4, 0.5) is 4.79 Å². The fraction of sp³-hybridized carbons (Fsp3) is 0.846. The first kappa shape index (κ1) is 17.7. The zero-order valence-corrected chi connectivity index (χ0v) is 12.1. The number of ether oxygens (including phenoxy) is 1. The van der Waals surface area contributed by atoms with E-state index in [1.165, 1.54) is 7.11 Å². The highest BCUT2D eigenvalue weighted by molar-refractivity contribution is 5.74. The van der Waals surface area contributed by atoms with E-state index in [9.17, 15) is 9.59 Å². The molecule has 0 aliphatic heterocycles. The fourth-order valence-corrected chi connectivity index (χ4v) is 1.58. The zero-order chi connectivity index (χ0) is 14.7. The van der Waals surface area contributed by atoms with E-state index in [2.05, 4.69) is 24.5 Å². The predicted octanol–water partition coefficient (Wildman–Crippen LogP) is 1.60. The van der Waals surface area contributed by atoms with Crippen LogP contribution in [0.25, 0.3) is 0 Å². The van der Waals surface area contributed by atoms with Gasteiger partial charge in [0.05, 0.1) is 12.5 Å². The number of carbonyl (C=O) groups is 2. The van der Waals surface area contributed by atoms with Crippen LogP contribution in [0.2, 0.25) is 0 Å². The highest BCUT2D eigenvalue weighted by atomic mass is 16.5. The van der Waals surface area contributed by atoms with E-state index in [-0.39, 0.29) is 19.0 Å². The lowest BCUT2D eigenvalue weighted by Gasteiger charge is -2.14. The quantitative estimate of drug-likeness (QED) is 0.528. The van der Waals surface area contributed by atoms with Crippen LogP contribution < -0.4 is 10.6 Å². The summed E-state index contributed by atoms with van der Waals surface area (Å²) in [6.07, 6.45) is 2.59. The Morgan fingerprint density at radius 1 is 1.21 bits per heavy atom. The molecule has 0 radical (unpaired) electrons. The van der Waals surface area contributed by atoms with E-state index in [1.54, 1.807) is 0 Å². The lowest BCUT2D eigenvalue weighted by molar-refractivity contribution is -0.139. The number of carbonyl (C=O) groups excluding carboxylic acids is 1. The molecule has 0 bridgehead atoms. The van der Waals surface area contributed by atoms with Gasteiger partial charge in [-0.05, 0) is 12.3 Å². The number of unbranched alkanes of at least 4 members (excludes halogenated alkanes) is 1. The molecular weight excluding hydrogens is 248 g/mol. The standard InChI is InChI=1S/C13H26N2O4/c1-10(2)6-4-5-7-14-13(18)15-9-11(19-3)8-12(16)17/h10-11H,4-9H2,1-3H3,(H,16,17)(H2,14,15,18). The molecule has 0 aliphatic carbocycles. The summed E-state index contributed by atoms with van der Waals surface area (Å²) in [4.78, 5) is 21.9. The molecule has 0 aromatic rings. The summed E-state index contributed by atoms with van der Waals surface area (Å²) in [5.74, 6) is -0.255. The van der Waals surface area contributed by atoms with Crippen LogP contribution in [0, 0.1) is 5.92 Å². The molecule has 0 aromatic heterocycles. The van der Waals surface area contributed by atoms with Crippen molar-refractivity contribution in [2.24, 2.45) is 5.92 Å². The molecule has 0 fully saturated rings. The Hall–Kier alpha value is -1.30. The van der Waals surface area contributed by atoms with Gasteiger partial charge in [-0.25, -0.2) is 4.79 Å². The molecule has 2 amide bonds. The molecule has 19 heavy (non-hydrogen) atoms. The molecule has 0 saturated carbocycles. The molecule has 0 heterocycles. The molecule has 112 valence electrons. The average molecular weight is 274 g/mol. The monoisotopic (exact) mass is 274 g/mol. The molecule has 0 aromatic carbocycles. The van der Waals surface area contributed by atoms with Gasteiger partial charge in [0.1, 0.15) is 0 Å². The Balaban J connectivity index is 3.60. The van der Waals surface area contributed by atoms with Crippen LogP contribution in [0.15, 0.2) is 0 Å². The Bertz CT molecular complexity index is 269. The van der Waals surface area contributed by atoms with Crippen molar-refractivity contribution < 1.29 is 19.4 Å². The molecule has 0 rings (SSSR count). The molecule has 0 aliphatic rings. The molecule has 6 heteroatoms. The van der Waals surface area contributed by atoms with Crippen LogP contribution in [-0.2, 0) is 9.53 Å². The molecule has 3 N–H and O–H groups in total. The van der Waals surface area contributed by atoms with Crippen LogP contribution >= 0.6 is 0 Å². The SMILES string of the molecule is COC(CNC(=O)NCCCCC(C)C)CC(=O)O. The van der Waals surface area contributed by atoms with Crippen molar-refractivity contribution in [3.63, 3.8) is 0 Å². The third kappa shape index (κ3) is 11.5. The number of rotatable bonds is 10. The van der Waals surface area contributed by atoms with Crippen molar-refractivity contribution in [3.8, 4) is 0 Å². The van der Waals surface area contributed by atoms with Crippen molar-refractivity contribution in [1.82, 2.24) is 10.6 Å². The van der Waals surface area contributed by atoms with Gasteiger partial charge in [-0.3, -0.25) is 4.79 Å². The summed E-state index contributed by atoms with van der Waals surface area (Å²) in [5, 5.41) is 14.0. The number of aliphatic carboxylic acids is 1. The number of nitrogens with one attached hydrogen (secondary N) is 2. The van der Waals surface area contributed by atoms with Crippen molar-refractivity contribution in [3.05, 3.63) is 0 Å². The second-order valence-corrected chi connectivity index (χ2v) is 4.98. The van der Waals surface area contributed by atoms with E-state index in [0.717, 1.165) is 19.3 Å².